The number of nitrogens with one attached hydrogen (secondary N) is 1. The molecule has 2 amide bonds. The fourth-order valence-electron chi connectivity index (χ4n) is 3.90. The Labute approximate surface area is 147 Å². The Morgan fingerprint density at radius 2 is 2.08 bits per heavy atom. The van der Waals surface area contributed by atoms with Gasteiger partial charge in [-0.05, 0) is 24.8 Å². The Kier molecular flexibility index (Phi) is 4.42. The summed E-state index contributed by atoms with van der Waals surface area (Å²) in [6.07, 6.45) is 12.7. The summed E-state index contributed by atoms with van der Waals surface area (Å²) >= 11 is 0. The molecule has 2 fully saturated rings. The van der Waals surface area contributed by atoms with Gasteiger partial charge in [-0.15, -0.1) is 5.10 Å². The zero-order valence-corrected chi connectivity index (χ0v) is 14.6. The van der Waals surface area contributed by atoms with Gasteiger partial charge < -0.3 is 4.90 Å². The zero-order valence-electron chi connectivity index (χ0n) is 14.6. The number of amides is 2. The van der Waals surface area contributed by atoms with Crippen molar-refractivity contribution in [3.05, 3.63) is 24.3 Å². The van der Waals surface area contributed by atoms with E-state index in [0.29, 0.717) is 24.5 Å². The Hall–Kier alpha value is -2.38. The van der Waals surface area contributed by atoms with E-state index < -0.39 is 0 Å². The van der Waals surface area contributed by atoms with Crippen molar-refractivity contribution >= 4 is 12.0 Å². The van der Waals surface area contributed by atoms with Crippen molar-refractivity contribution in [1.82, 2.24) is 29.4 Å². The standard InChI is InChI=1S/C17H25N7O/c1-22-10-14(9-19-22)13-7-8-23(11-13)17(25)20-16-18-12-24(21-16)15-5-3-2-4-6-15/h9-10,12-13,15H,2-8,11H2,1H3,(H,20,21,25). The number of hydrogen-bond donors (Lipinski definition) is 1. The third-order valence-electron chi connectivity index (χ3n) is 5.35. The average Bonchev–Trinajstić information content (AvgIpc) is 3.35. The number of hydrogen-bond acceptors (Lipinski definition) is 4. The van der Waals surface area contributed by atoms with Crippen LogP contribution in [0.4, 0.5) is 10.7 Å². The second-order valence-corrected chi connectivity index (χ2v) is 7.15. The highest BCUT2D eigenvalue weighted by molar-refractivity contribution is 5.87. The average molecular weight is 343 g/mol. The van der Waals surface area contributed by atoms with E-state index in [4.69, 9.17) is 0 Å². The van der Waals surface area contributed by atoms with E-state index >= 15 is 0 Å². The van der Waals surface area contributed by atoms with Gasteiger partial charge in [-0.1, -0.05) is 19.3 Å². The molecule has 8 nitrogen and oxygen atoms in total. The topological polar surface area (TPSA) is 80.9 Å². The van der Waals surface area contributed by atoms with Gasteiger partial charge >= 0.3 is 6.03 Å². The molecule has 1 aliphatic heterocycles. The van der Waals surface area contributed by atoms with Gasteiger partial charge in [0.2, 0.25) is 5.95 Å². The van der Waals surface area contributed by atoms with Gasteiger partial charge in [0.25, 0.3) is 0 Å². The van der Waals surface area contributed by atoms with Crippen LogP contribution in [0, 0.1) is 0 Å². The Morgan fingerprint density at radius 1 is 1.24 bits per heavy atom. The van der Waals surface area contributed by atoms with Crippen molar-refractivity contribution < 1.29 is 4.79 Å². The summed E-state index contributed by atoms with van der Waals surface area (Å²) in [7, 11) is 1.91. The van der Waals surface area contributed by atoms with Crippen LogP contribution in [-0.2, 0) is 7.05 Å². The molecule has 134 valence electrons. The molecule has 2 aromatic rings. The number of carbonyl (C=O) groups is 1. The molecule has 0 bridgehead atoms. The largest absolute Gasteiger partial charge is 0.324 e. The third-order valence-corrected chi connectivity index (χ3v) is 5.35. The van der Waals surface area contributed by atoms with Crippen molar-refractivity contribution in [2.75, 3.05) is 18.4 Å². The van der Waals surface area contributed by atoms with E-state index in [1.165, 1.54) is 24.8 Å². The molecule has 1 atom stereocenters. The van der Waals surface area contributed by atoms with E-state index in [-0.39, 0.29) is 6.03 Å². The lowest BCUT2D eigenvalue weighted by Crippen LogP contribution is -2.33. The molecule has 2 aliphatic rings. The summed E-state index contributed by atoms with van der Waals surface area (Å²) in [6, 6.07) is 0.307. The summed E-state index contributed by atoms with van der Waals surface area (Å²) in [4.78, 5) is 18.6. The molecule has 0 spiro atoms. The van der Waals surface area contributed by atoms with Crippen LogP contribution in [0.15, 0.2) is 18.7 Å². The van der Waals surface area contributed by atoms with E-state index in [1.807, 2.05) is 29.0 Å². The molecular weight excluding hydrogens is 318 g/mol. The van der Waals surface area contributed by atoms with E-state index in [1.54, 1.807) is 11.0 Å². The summed E-state index contributed by atoms with van der Waals surface area (Å²) in [5.41, 5.74) is 1.19. The van der Waals surface area contributed by atoms with Gasteiger partial charge in [-0.25, -0.2) is 14.5 Å². The second kappa shape index (κ2) is 6.85. The van der Waals surface area contributed by atoms with Gasteiger partial charge in [0, 0.05) is 32.3 Å². The van der Waals surface area contributed by atoms with Crippen LogP contribution in [0.3, 0.4) is 0 Å². The van der Waals surface area contributed by atoms with Crippen LogP contribution in [0.25, 0.3) is 0 Å². The highest BCUT2D eigenvalue weighted by atomic mass is 16.2. The minimum atomic E-state index is -0.118. The molecule has 1 saturated heterocycles. The third kappa shape index (κ3) is 3.52. The Morgan fingerprint density at radius 3 is 2.84 bits per heavy atom. The molecule has 0 radical (unpaired) electrons. The maximum atomic E-state index is 12.5. The minimum Gasteiger partial charge on any atom is -0.324 e. The smallest absolute Gasteiger partial charge is 0.324 e. The monoisotopic (exact) mass is 343 g/mol. The predicted molar refractivity (Wildman–Crippen MR) is 93.3 cm³/mol. The number of nitrogens with zero attached hydrogens (tertiary/aromatic N) is 6. The molecule has 0 aromatic carbocycles. The number of carbonyl (C=O) groups excluding carboxylic acids is 1. The highest BCUT2D eigenvalue weighted by Crippen LogP contribution is 2.28. The van der Waals surface area contributed by atoms with Gasteiger partial charge in [0.05, 0.1) is 12.2 Å². The number of urea groups is 1. The molecular formula is C17H25N7O. The summed E-state index contributed by atoms with van der Waals surface area (Å²) < 4.78 is 3.72. The normalized spacial score (nSPS) is 21.6. The highest BCUT2D eigenvalue weighted by Gasteiger charge is 2.28. The van der Waals surface area contributed by atoms with Crippen LogP contribution in [-0.4, -0.2) is 48.6 Å². The van der Waals surface area contributed by atoms with Gasteiger partial charge in [-0.2, -0.15) is 5.10 Å². The molecule has 1 unspecified atom stereocenters. The van der Waals surface area contributed by atoms with Crippen LogP contribution < -0.4 is 5.32 Å². The Balaban J connectivity index is 1.34. The lowest BCUT2D eigenvalue weighted by molar-refractivity contribution is 0.221. The Bertz CT molecular complexity index is 731. The summed E-state index contributed by atoms with van der Waals surface area (Å²) in [5, 5.41) is 11.5. The first-order valence-electron chi connectivity index (χ1n) is 9.14. The molecule has 3 heterocycles. The SMILES string of the molecule is Cn1cc(C2CCN(C(=O)Nc3ncn(C4CCCCC4)n3)C2)cn1. The van der Waals surface area contributed by atoms with Crippen molar-refractivity contribution in [3.63, 3.8) is 0 Å². The fraction of sp³-hybridized carbons (Fsp3) is 0.647. The first-order chi connectivity index (χ1) is 12.2. The van der Waals surface area contributed by atoms with Crippen LogP contribution in [0.5, 0.6) is 0 Å². The number of aryl methyl sites for hydroxylation is 1. The first kappa shape index (κ1) is 16.1. The number of likely N-dealkylation sites (tertiary alicyclic amines) is 1. The fourth-order valence-corrected chi connectivity index (χ4v) is 3.90. The first-order valence-corrected chi connectivity index (χ1v) is 9.14. The van der Waals surface area contributed by atoms with Crippen molar-refractivity contribution in [2.45, 2.75) is 50.5 Å². The number of aromatic nitrogens is 5. The van der Waals surface area contributed by atoms with E-state index in [9.17, 15) is 4.79 Å². The molecule has 2 aromatic heterocycles. The number of anilines is 1. The van der Waals surface area contributed by atoms with Gasteiger partial charge in [-0.3, -0.25) is 10.00 Å². The minimum absolute atomic E-state index is 0.118. The zero-order chi connectivity index (χ0) is 17.2. The molecule has 1 N–H and O–H groups in total. The van der Waals surface area contributed by atoms with Crippen LogP contribution in [0.2, 0.25) is 0 Å². The van der Waals surface area contributed by atoms with E-state index in [0.717, 1.165) is 25.8 Å². The van der Waals surface area contributed by atoms with Gasteiger partial charge in [0.15, 0.2) is 0 Å². The molecule has 8 heteroatoms. The second-order valence-electron chi connectivity index (χ2n) is 7.15. The van der Waals surface area contributed by atoms with E-state index in [2.05, 4.69) is 20.5 Å². The summed E-state index contributed by atoms with van der Waals surface area (Å²) in [6.45, 7) is 1.45. The predicted octanol–water partition coefficient (Wildman–Crippen LogP) is 2.54. The quantitative estimate of drug-likeness (QED) is 0.928. The lowest BCUT2D eigenvalue weighted by atomic mass is 9.96. The number of rotatable bonds is 3. The summed E-state index contributed by atoms with van der Waals surface area (Å²) in [5.74, 6) is 0.757. The molecule has 4 rings (SSSR count). The lowest BCUT2D eigenvalue weighted by Gasteiger charge is -2.21. The van der Waals surface area contributed by atoms with Crippen LogP contribution >= 0.6 is 0 Å². The maximum Gasteiger partial charge on any atom is 0.324 e. The van der Waals surface area contributed by atoms with Crippen molar-refractivity contribution in [3.8, 4) is 0 Å². The molecule has 1 saturated carbocycles. The van der Waals surface area contributed by atoms with Crippen LogP contribution in [0.1, 0.15) is 56.0 Å². The molecule has 25 heavy (non-hydrogen) atoms. The maximum absolute atomic E-state index is 12.5. The van der Waals surface area contributed by atoms with Crippen molar-refractivity contribution in [2.24, 2.45) is 7.05 Å². The molecule has 1 aliphatic carbocycles. The van der Waals surface area contributed by atoms with Gasteiger partial charge in [0.1, 0.15) is 6.33 Å². The van der Waals surface area contributed by atoms with Crippen molar-refractivity contribution in [1.29, 1.82) is 0 Å².